The summed E-state index contributed by atoms with van der Waals surface area (Å²) in [4.78, 5) is 25.5. The van der Waals surface area contributed by atoms with Gasteiger partial charge >= 0.3 is 0 Å². The van der Waals surface area contributed by atoms with Crippen LogP contribution < -0.4 is 10.2 Å². The third-order valence-corrected chi connectivity index (χ3v) is 5.54. The lowest BCUT2D eigenvalue weighted by atomic mass is 9.99. The number of likely N-dealkylation sites (tertiary alicyclic amines) is 1. The fraction of sp³-hybridized carbons (Fsp3) is 0.476. The Labute approximate surface area is 160 Å². The lowest BCUT2D eigenvalue weighted by Gasteiger charge is -2.32. The van der Waals surface area contributed by atoms with Crippen molar-refractivity contribution >= 4 is 23.2 Å². The van der Waals surface area contributed by atoms with E-state index in [0.29, 0.717) is 11.6 Å². The van der Waals surface area contributed by atoms with E-state index in [1.54, 1.807) is 12.3 Å². The molecule has 2 aliphatic rings. The first-order chi connectivity index (χ1) is 13.2. The van der Waals surface area contributed by atoms with Gasteiger partial charge in [0.05, 0.1) is 0 Å². The van der Waals surface area contributed by atoms with Crippen LogP contribution in [0.3, 0.4) is 0 Å². The van der Waals surface area contributed by atoms with Gasteiger partial charge in [-0.2, -0.15) is 0 Å². The first-order valence-electron chi connectivity index (χ1n) is 9.93. The molecule has 2 aliphatic heterocycles. The van der Waals surface area contributed by atoms with Crippen molar-refractivity contribution in [1.82, 2.24) is 14.9 Å². The van der Waals surface area contributed by atoms with E-state index in [-0.39, 0.29) is 5.91 Å². The van der Waals surface area contributed by atoms with Crippen LogP contribution >= 0.6 is 0 Å². The Morgan fingerprint density at radius 3 is 2.44 bits per heavy atom. The van der Waals surface area contributed by atoms with Crippen molar-refractivity contribution in [2.75, 3.05) is 36.4 Å². The Morgan fingerprint density at radius 1 is 1.04 bits per heavy atom. The fourth-order valence-corrected chi connectivity index (χ4v) is 3.77. The maximum atomic E-state index is 12.5. The molecular weight excluding hydrogens is 338 g/mol. The van der Waals surface area contributed by atoms with E-state index in [1.807, 2.05) is 17.0 Å². The smallest absolute Gasteiger partial charge is 0.272 e. The first kappa shape index (κ1) is 17.8. The minimum Gasteiger partial charge on any atom is -0.372 e. The van der Waals surface area contributed by atoms with E-state index in [1.165, 1.54) is 18.5 Å². The summed E-state index contributed by atoms with van der Waals surface area (Å²) in [5, 5.41) is 3.22. The number of carbonyl (C=O) groups is 1. The van der Waals surface area contributed by atoms with Crippen LogP contribution in [0.1, 0.15) is 43.1 Å². The van der Waals surface area contributed by atoms with Crippen LogP contribution in [0.2, 0.25) is 0 Å². The van der Waals surface area contributed by atoms with Gasteiger partial charge in [-0.1, -0.05) is 6.92 Å². The predicted octanol–water partition coefficient (Wildman–Crippen LogP) is 3.69. The molecule has 6 nitrogen and oxygen atoms in total. The lowest BCUT2D eigenvalue weighted by Crippen LogP contribution is -2.32. The summed E-state index contributed by atoms with van der Waals surface area (Å²) >= 11 is 0. The van der Waals surface area contributed by atoms with E-state index in [0.717, 1.165) is 50.6 Å². The van der Waals surface area contributed by atoms with Gasteiger partial charge in [-0.05, 0) is 61.9 Å². The highest BCUT2D eigenvalue weighted by molar-refractivity contribution is 5.92. The first-order valence-corrected chi connectivity index (χ1v) is 9.93. The van der Waals surface area contributed by atoms with Crippen molar-refractivity contribution in [1.29, 1.82) is 0 Å². The number of aromatic nitrogens is 2. The van der Waals surface area contributed by atoms with Gasteiger partial charge in [0.15, 0.2) is 0 Å². The fourth-order valence-electron chi connectivity index (χ4n) is 3.77. The van der Waals surface area contributed by atoms with E-state index >= 15 is 0 Å². The largest absolute Gasteiger partial charge is 0.372 e. The maximum Gasteiger partial charge on any atom is 0.272 e. The molecule has 0 unspecified atom stereocenters. The van der Waals surface area contributed by atoms with Gasteiger partial charge in [-0.25, -0.2) is 9.97 Å². The number of carbonyl (C=O) groups excluding carboxylic acids is 1. The van der Waals surface area contributed by atoms with Crippen molar-refractivity contribution in [3.05, 3.63) is 42.2 Å². The molecule has 2 saturated heterocycles. The highest BCUT2D eigenvalue weighted by Crippen LogP contribution is 2.25. The van der Waals surface area contributed by atoms with Crippen LogP contribution in [0.15, 0.2) is 36.5 Å². The van der Waals surface area contributed by atoms with Crippen molar-refractivity contribution in [2.24, 2.45) is 5.92 Å². The summed E-state index contributed by atoms with van der Waals surface area (Å²) in [7, 11) is 0. The van der Waals surface area contributed by atoms with Gasteiger partial charge in [0.2, 0.25) is 5.95 Å². The summed E-state index contributed by atoms with van der Waals surface area (Å²) in [6, 6.07) is 10.1. The Balaban J connectivity index is 1.41. The molecule has 0 spiro atoms. The van der Waals surface area contributed by atoms with E-state index in [2.05, 4.69) is 39.2 Å². The molecule has 0 aliphatic carbocycles. The third-order valence-electron chi connectivity index (χ3n) is 5.54. The van der Waals surface area contributed by atoms with E-state index in [9.17, 15) is 4.79 Å². The minimum absolute atomic E-state index is 0.00683. The van der Waals surface area contributed by atoms with Gasteiger partial charge in [0, 0.05) is 43.8 Å². The van der Waals surface area contributed by atoms with Crippen LogP contribution in [0.4, 0.5) is 17.3 Å². The number of hydrogen-bond donors (Lipinski definition) is 1. The molecule has 1 amide bonds. The standard InChI is InChI=1S/C21H27N5O/c1-16-9-14-25(15-10-16)18-6-4-17(5-7-18)23-21-22-11-8-19(24-21)20(27)26-12-2-3-13-26/h4-8,11,16H,2-3,9-10,12-15H2,1H3,(H,22,23,24). The van der Waals surface area contributed by atoms with E-state index < -0.39 is 0 Å². The normalized spacial score (nSPS) is 18.0. The lowest BCUT2D eigenvalue weighted by molar-refractivity contribution is 0.0787. The zero-order chi connectivity index (χ0) is 18.6. The van der Waals surface area contributed by atoms with Gasteiger partial charge < -0.3 is 15.1 Å². The Kier molecular flexibility index (Phi) is 5.23. The minimum atomic E-state index is -0.00683. The number of anilines is 3. The van der Waals surface area contributed by atoms with Crippen LogP contribution in [0, 0.1) is 5.92 Å². The van der Waals surface area contributed by atoms with Gasteiger partial charge in [-0.3, -0.25) is 4.79 Å². The quantitative estimate of drug-likeness (QED) is 0.895. The van der Waals surface area contributed by atoms with Crippen molar-refractivity contribution in [2.45, 2.75) is 32.6 Å². The number of benzene rings is 1. The van der Waals surface area contributed by atoms with Gasteiger partial charge in [-0.15, -0.1) is 0 Å². The summed E-state index contributed by atoms with van der Waals surface area (Å²) < 4.78 is 0. The monoisotopic (exact) mass is 365 g/mol. The Hall–Kier alpha value is -2.63. The van der Waals surface area contributed by atoms with Gasteiger partial charge in [0.25, 0.3) is 5.91 Å². The highest BCUT2D eigenvalue weighted by Gasteiger charge is 2.21. The third kappa shape index (κ3) is 4.21. The number of nitrogens with one attached hydrogen (secondary N) is 1. The molecule has 4 rings (SSSR count). The molecule has 3 heterocycles. The maximum absolute atomic E-state index is 12.5. The second kappa shape index (κ2) is 7.94. The summed E-state index contributed by atoms with van der Waals surface area (Å²) in [5.41, 5.74) is 2.63. The number of piperidine rings is 1. The Bertz CT molecular complexity index is 777. The van der Waals surface area contributed by atoms with Crippen LogP contribution in [0.5, 0.6) is 0 Å². The average Bonchev–Trinajstić information content (AvgIpc) is 3.24. The molecule has 0 bridgehead atoms. The van der Waals surface area contributed by atoms with Gasteiger partial charge in [0.1, 0.15) is 5.69 Å². The average molecular weight is 365 g/mol. The molecule has 6 heteroatoms. The summed E-state index contributed by atoms with van der Waals surface area (Å²) in [5.74, 6) is 1.28. The van der Waals surface area contributed by atoms with Crippen molar-refractivity contribution in [3.8, 4) is 0 Å². The molecule has 27 heavy (non-hydrogen) atoms. The second-order valence-electron chi connectivity index (χ2n) is 7.61. The molecule has 0 saturated carbocycles. The van der Waals surface area contributed by atoms with Crippen LogP contribution in [0.25, 0.3) is 0 Å². The zero-order valence-electron chi connectivity index (χ0n) is 15.9. The van der Waals surface area contributed by atoms with Crippen LogP contribution in [-0.4, -0.2) is 47.0 Å². The molecule has 1 aromatic heterocycles. The van der Waals surface area contributed by atoms with Crippen molar-refractivity contribution < 1.29 is 4.79 Å². The number of nitrogens with zero attached hydrogens (tertiary/aromatic N) is 4. The predicted molar refractivity (Wildman–Crippen MR) is 108 cm³/mol. The molecule has 1 N–H and O–H groups in total. The number of amides is 1. The molecule has 1 aromatic carbocycles. The highest BCUT2D eigenvalue weighted by atomic mass is 16.2. The topological polar surface area (TPSA) is 61.4 Å². The molecule has 142 valence electrons. The molecule has 2 aromatic rings. The van der Waals surface area contributed by atoms with E-state index in [4.69, 9.17) is 0 Å². The SMILES string of the molecule is CC1CCN(c2ccc(Nc3nccc(C(=O)N4CCCC4)n3)cc2)CC1. The second-order valence-corrected chi connectivity index (χ2v) is 7.61. The zero-order valence-corrected chi connectivity index (χ0v) is 15.9. The molecule has 0 atom stereocenters. The molecular formula is C21H27N5O. The summed E-state index contributed by atoms with van der Waals surface area (Å²) in [6.07, 6.45) is 6.30. The van der Waals surface area contributed by atoms with Crippen molar-refractivity contribution in [3.63, 3.8) is 0 Å². The molecule has 0 radical (unpaired) electrons. The molecule has 2 fully saturated rings. The Morgan fingerprint density at radius 2 is 1.74 bits per heavy atom. The number of rotatable bonds is 4. The number of hydrogen-bond acceptors (Lipinski definition) is 5. The summed E-state index contributed by atoms with van der Waals surface area (Å²) in [6.45, 7) is 6.22. The van der Waals surface area contributed by atoms with Crippen LogP contribution in [-0.2, 0) is 0 Å².